The Morgan fingerprint density at radius 2 is 1.42 bits per heavy atom. The number of aromatic nitrogens is 1. The molecule has 0 aliphatic heterocycles. The maximum atomic E-state index is 12.2. The Morgan fingerprint density at radius 1 is 0.792 bits per heavy atom. The van der Waals surface area contributed by atoms with E-state index in [1.807, 2.05) is 42.6 Å². The Balaban J connectivity index is 1.92. The first-order valence-corrected chi connectivity index (χ1v) is 8.29. The molecule has 24 heavy (non-hydrogen) atoms. The maximum Gasteiger partial charge on any atom is 0.250 e. The Labute approximate surface area is 143 Å². The fourth-order valence-electron chi connectivity index (χ4n) is 2.77. The molecular weight excluding hydrogens is 294 g/mol. The molecule has 0 saturated heterocycles. The van der Waals surface area contributed by atoms with Crippen molar-refractivity contribution in [2.45, 2.75) is 32.7 Å². The molecule has 1 heterocycles. The van der Waals surface area contributed by atoms with Gasteiger partial charge in [-0.15, -0.1) is 0 Å². The highest BCUT2D eigenvalue weighted by molar-refractivity contribution is 5.62. The predicted molar refractivity (Wildman–Crippen MR) is 100 cm³/mol. The van der Waals surface area contributed by atoms with Crippen LogP contribution >= 0.6 is 0 Å². The molecule has 2 heteroatoms. The van der Waals surface area contributed by atoms with Gasteiger partial charge in [0.2, 0.25) is 0 Å². The van der Waals surface area contributed by atoms with Crippen LogP contribution in [0.5, 0.6) is 0 Å². The summed E-state index contributed by atoms with van der Waals surface area (Å²) in [5, 5.41) is 0. The third-order valence-electron chi connectivity index (χ3n) is 4.26. The van der Waals surface area contributed by atoms with E-state index in [9.17, 15) is 4.79 Å². The van der Waals surface area contributed by atoms with E-state index < -0.39 is 0 Å². The minimum Gasteiger partial charge on any atom is -0.310 e. The molecule has 122 valence electrons. The molecule has 0 saturated carbocycles. The van der Waals surface area contributed by atoms with Crippen molar-refractivity contribution in [2.24, 2.45) is 0 Å². The molecule has 2 aromatic carbocycles. The van der Waals surface area contributed by atoms with Crippen molar-refractivity contribution in [1.29, 1.82) is 0 Å². The van der Waals surface area contributed by atoms with Crippen molar-refractivity contribution in [2.75, 3.05) is 0 Å². The molecule has 0 spiro atoms. The fraction of sp³-hybridized carbons (Fsp3) is 0.227. The Morgan fingerprint density at radius 3 is 2.04 bits per heavy atom. The molecule has 0 aliphatic carbocycles. The number of pyridine rings is 1. The average molecular weight is 317 g/mol. The minimum absolute atomic E-state index is 0.0221. The fourth-order valence-corrected chi connectivity index (χ4v) is 2.77. The minimum atomic E-state index is 0.0221. The van der Waals surface area contributed by atoms with Gasteiger partial charge in [0.15, 0.2) is 0 Å². The molecule has 0 atom stereocenters. The zero-order valence-corrected chi connectivity index (χ0v) is 14.5. The van der Waals surface area contributed by atoms with E-state index >= 15 is 0 Å². The SMILES string of the molecule is CC(C)(C)c1ccc(-c2ccc(=O)n(Cc3ccccc3)c2)cc1. The highest BCUT2D eigenvalue weighted by atomic mass is 16.1. The predicted octanol–water partition coefficient (Wildman–Crippen LogP) is 4.86. The van der Waals surface area contributed by atoms with Crippen LogP contribution in [0.4, 0.5) is 0 Å². The third-order valence-corrected chi connectivity index (χ3v) is 4.26. The van der Waals surface area contributed by atoms with Crippen molar-refractivity contribution >= 4 is 0 Å². The topological polar surface area (TPSA) is 22.0 Å². The summed E-state index contributed by atoms with van der Waals surface area (Å²) in [5.74, 6) is 0. The largest absolute Gasteiger partial charge is 0.310 e. The van der Waals surface area contributed by atoms with Gasteiger partial charge in [0.1, 0.15) is 0 Å². The summed E-state index contributed by atoms with van der Waals surface area (Å²) in [6.07, 6.45) is 1.95. The molecule has 0 N–H and O–H groups in total. The van der Waals surface area contributed by atoms with Crippen LogP contribution in [0.25, 0.3) is 11.1 Å². The normalized spacial score (nSPS) is 11.5. The van der Waals surface area contributed by atoms with Crippen LogP contribution in [0, 0.1) is 0 Å². The van der Waals surface area contributed by atoms with Crippen LogP contribution in [0.15, 0.2) is 77.7 Å². The van der Waals surface area contributed by atoms with Gasteiger partial charge in [0.05, 0.1) is 6.54 Å². The lowest BCUT2D eigenvalue weighted by Crippen LogP contribution is -2.19. The maximum absolute atomic E-state index is 12.2. The molecule has 0 radical (unpaired) electrons. The van der Waals surface area contributed by atoms with E-state index in [1.54, 1.807) is 10.6 Å². The highest BCUT2D eigenvalue weighted by Crippen LogP contribution is 2.25. The summed E-state index contributed by atoms with van der Waals surface area (Å²) in [6, 6.07) is 22.2. The van der Waals surface area contributed by atoms with Gasteiger partial charge in [-0.25, -0.2) is 0 Å². The first-order valence-electron chi connectivity index (χ1n) is 8.29. The lowest BCUT2D eigenvalue weighted by atomic mass is 9.86. The molecule has 3 rings (SSSR count). The van der Waals surface area contributed by atoms with Gasteiger partial charge < -0.3 is 4.57 Å². The number of nitrogens with zero attached hydrogens (tertiary/aromatic N) is 1. The van der Waals surface area contributed by atoms with Crippen LogP contribution in [-0.4, -0.2) is 4.57 Å². The van der Waals surface area contributed by atoms with E-state index in [2.05, 4.69) is 45.0 Å². The molecule has 3 aromatic rings. The zero-order chi connectivity index (χ0) is 17.2. The van der Waals surface area contributed by atoms with Gasteiger partial charge >= 0.3 is 0 Å². The van der Waals surface area contributed by atoms with E-state index in [0.717, 1.165) is 16.7 Å². The molecule has 0 unspecified atom stereocenters. The van der Waals surface area contributed by atoms with Crippen molar-refractivity contribution in [3.8, 4) is 11.1 Å². The Hall–Kier alpha value is -2.61. The Bertz CT molecular complexity index is 868. The molecular formula is C22H23NO. The summed E-state index contributed by atoms with van der Waals surface area (Å²) < 4.78 is 1.77. The smallest absolute Gasteiger partial charge is 0.250 e. The van der Waals surface area contributed by atoms with Gasteiger partial charge in [-0.3, -0.25) is 4.79 Å². The first kappa shape index (κ1) is 16.3. The van der Waals surface area contributed by atoms with E-state index in [4.69, 9.17) is 0 Å². The third kappa shape index (κ3) is 3.65. The van der Waals surface area contributed by atoms with Crippen LogP contribution in [-0.2, 0) is 12.0 Å². The molecule has 1 aromatic heterocycles. The van der Waals surface area contributed by atoms with Crippen molar-refractivity contribution in [1.82, 2.24) is 4.57 Å². The molecule has 0 bridgehead atoms. The number of rotatable bonds is 3. The van der Waals surface area contributed by atoms with Gasteiger partial charge in [-0.1, -0.05) is 75.4 Å². The lowest BCUT2D eigenvalue weighted by Gasteiger charge is -2.19. The van der Waals surface area contributed by atoms with E-state index in [0.29, 0.717) is 6.54 Å². The van der Waals surface area contributed by atoms with Crippen LogP contribution in [0.1, 0.15) is 31.9 Å². The molecule has 0 fully saturated rings. The summed E-state index contributed by atoms with van der Waals surface area (Å²) in [5.41, 5.74) is 4.79. The number of hydrogen-bond acceptors (Lipinski definition) is 1. The monoisotopic (exact) mass is 317 g/mol. The van der Waals surface area contributed by atoms with Gasteiger partial charge in [-0.05, 0) is 33.7 Å². The summed E-state index contributed by atoms with van der Waals surface area (Å²) >= 11 is 0. The summed E-state index contributed by atoms with van der Waals surface area (Å²) in [6.45, 7) is 7.22. The second kappa shape index (κ2) is 6.48. The molecule has 0 aliphatic rings. The van der Waals surface area contributed by atoms with Crippen LogP contribution in [0.2, 0.25) is 0 Å². The Kier molecular flexibility index (Phi) is 4.39. The highest BCUT2D eigenvalue weighted by Gasteiger charge is 2.13. The van der Waals surface area contributed by atoms with Gasteiger partial charge in [-0.2, -0.15) is 0 Å². The van der Waals surface area contributed by atoms with Crippen LogP contribution < -0.4 is 5.56 Å². The lowest BCUT2D eigenvalue weighted by molar-refractivity contribution is 0.590. The quantitative estimate of drug-likeness (QED) is 0.676. The average Bonchev–Trinajstić information content (AvgIpc) is 2.57. The molecule has 2 nitrogen and oxygen atoms in total. The van der Waals surface area contributed by atoms with E-state index in [1.165, 1.54) is 5.56 Å². The van der Waals surface area contributed by atoms with Gasteiger partial charge in [0.25, 0.3) is 5.56 Å². The van der Waals surface area contributed by atoms with Crippen molar-refractivity contribution in [3.63, 3.8) is 0 Å². The van der Waals surface area contributed by atoms with Crippen LogP contribution in [0.3, 0.4) is 0 Å². The second-order valence-corrected chi connectivity index (χ2v) is 7.20. The number of hydrogen-bond donors (Lipinski definition) is 0. The summed E-state index contributed by atoms with van der Waals surface area (Å²) in [7, 11) is 0. The number of benzene rings is 2. The molecule has 0 amide bonds. The van der Waals surface area contributed by atoms with Crippen molar-refractivity contribution in [3.05, 3.63) is 94.4 Å². The van der Waals surface area contributed by atoms with E-state index in [-0.39, 0.29) is 11.0 Å². The first-order chi connectivity index (χ1) is 11.4. The summed E-state index contributed by atoms with van der Waals surface area (Å²) in [4.78, 5) is 12.2. The zero-order valence-electron chi connectivity index (χ0n) is 14.5. The standard InChI is InChI=1S/C22H23NO/c1-22(2,3)20-12-9-18(10-13-20)19-11-14-21(24)23(16-19)15-17-7-5-4-6-8-17/h4-14,16H,15H2,1-3H3. The van der Waals surface area contributed by atoms with Gasteiger partial charge in [0, 0.05) is 12.3 Å². The second-order valence-electron chi connectivity index (χ2n) is 7.20. The van der Waals surface area contributed by atoms with Crippen molar-refractivity contribution < 1.29 is 0 Å².